The minimum absolute atomic E-state index is 0.183. The van der Waals surface area contributed by atoms with Gasteiger partial charge in [0.2, 0.25) is 6.04 Å². The number of ether oxygens (including phenoxy) is 1. The zero-order chi connectivity index (χ0) is 16.3. The second kappa shape index (κ2) is 6.87. The van der Waals surface area contributed by atoms with E-state index in [1.807, 2.05) is 25.7 Å². The molecule has 1 aliphatic heterocycles. The Morgan fingerprint density at radius 3 is 2.32 bits per heavy atom. The first-order valence-electron chi connectivity index (χ1n) is 8.40. The highest BCUT2D eigenvalue weighted by Crippen LogP contribution is 2.27. The van der Waals surface area contributed by atoms with Gasteiger partial charge in [-0.3, -0.25) is 4.90 Å². The summed E-state index contributed by atoms with van der Waals surface area (Å²) in [7, 11) is 0. The lowest BCUT2D eigenvalue weighted by molar-refractivity contribution is -0.00718. The standard InChI is InChI=1S/C17H29N3O2/c1-13-12-19(15-8-6-14(18-5)7-9-15)10-11-20(13)16(21)22-17(2,3)4/h13-15H,6-12H2,1-4H3/t13-,14?,15?/m0/s1. The van der Waals surface area contributed by atoms with Crippen LogP contribution in [0.4, 0.5) is 4.79 Å². The first-order chi connectivity index (χ1) is 10.3. The van der Waals surface area contributed by atoms with E-state index in [2.05, 4.69) is 16.7 Å². The molecule has 1 aliphatic carbocycles. The van der Waals surface area contributed by atoms with E-state index in [1.165, 1.54) is 0 Å². The Labute approximate surface area is 134 Å². The molecule has 0 N–H and O–H groups in total. The molecule has 5 nitrogen and oxygen atoms in total. The van der Waals surface area contributed by atoms with E-state index >= 15 is 0 Å². The quantitative estimate of drug-likeness (QED) is 0.698. The molecule has 2 aliphatic rings. The Balaban J connectivity index is 1.85. The Bertz CT molecular complexity index is 430. The van der Waals surface area contributed by atoms with Gasteiger partial charge in [0, 0.05) is 44.6 Å². The van der Waals surface area contributed by atoms with Gasteiger partial charge in [-0.2, -0.15) is 0 Å². The van der Waals surface area contributed by atoms with Gasteiger partial charge in [0.25, 0.3) is 0 Å². The first kappa shape index (κ1) is 17.1. The molecule has 1 heterocycles. The average molecular weight is 307 g/mol. The van der Waals surface area contributed by atoms with Crippen molar-refractivity contribution < 1.29 is 9.53 Å². The van der Waals surface area contributed by atoms with Crippen molar-refractivity contribution >= 4 is 6.09 Å². The fourth-order valence-corrected chi connectivity index (χ4v) is 3.46. The molecule has 0 aromatic carbocycles. The van der Waals surface area contributed by atoms with Crippen molar-refractivity contribution in [2.24, 2.45) is 0 Å². The third kappa shape index (κ3) is 4.36. The van der Waals surface area contributed by atoms with Crippen LogP contribution in [-0.2, 0) is 4.74 Å². The van der Waals surface area contributed by atoms with E-state index in [4.69, 9.17) is 11.3 Å². The van der Waals surface area contributed by atoms with E-state index in [9.17, 15) is 4.79 Å². The number of hydrogen-bond donors (Lipinski definition) is 0. The molecule has 5 heteroatoms. The number of rotatable bonds is 1. The highest BCUT2D eigenvalue weighted by atomic mass is 16.6. The molecule has 1 saturated heterocycles. The smallest absolute Gasteiger partial charge is 0.410 e. The van der Waals surface area contributed by atoms with Crippen LogP contribution in [0.25, 0.3) is 4.85 Å². The summed E-state index contributed by atoms with van der Waals surface area (Å²) in [5, 5.41) is 0. The zero-order valence-corrected chi connectivity index (χ0v) is 14.3. The normalized spacial score (nSPS) is 30.7. The van der Waals surface area contributed by atoms with Gasteiger partial charge in [-0.1, -0.05) is 0 Å². The summed E-state index contributed by atoms with van der Waals surface area (Å²) in [6.45, 7) is 17.5. The summed E-state index contributed by atoms with van der Waals surface area (Å²) in [4.78, 5) is 20.3. The number of amides is 1. The number of piperazine rings is 1. The van der Waals surface area contributed by atoms with Crippen LogP contribution in [0.3, 0.4) is 0 Å². The van der Waals surface area contributed by atoms with Gasteiger partial charge in [-0.15, -0.1) is 0 Å². The van der Waals surface area contributed by atoms with Crippen molar-refractivity contribution in [3.63, 3.8) is 0 Å². The van der Waals surface area contributed by atoms with Crippen LogP contribution in [0, 0.1) is 6.57 Å². The van der Waals surface area contributed by atoms with Crippen molar-refractivity contribution in [3.8, 4) is 0 Å². The monoisotopic (exact) mass is 307 g/mol. The molecule has 22 heavy (non-hydrogen) atoms. The van der Waals surface area contributed by atoms with Crippen molar-refractivity contribution in [2.45, 2.75) is 77.1 Å². The molecule has 2 fully saturated rings. The number of carbonyl (C=O) groups excluding carboxylic acids is 1. The molecular weight excluding hydrogens is 278 g/mol. The molecule has 1 atom stereocenters. The molecule has 1 amide bonds. The van der Waals surface area contributed by atoms with Gasteiger partial charge in [-0.25, -0.2) is 11.4 Å². The molecule has 0 spiro atoms. The van der Waals surface area contributed by atoms with Gasteiger partial charge in [0.1, 0.15) is 5.60 Å². The predicted molar refractivity (Wildman–Crippen MR) is 86.6 cm³/mol. The van der Waals surface area contributed by atoms with Crippen LogP contribution in [-0.4, -0.2) is 59.3 Å². The number of carbonyl (C=O) groups is 1. The molecule has 1 saturated carbocycles. The maximum atomic E-state index is 12.2. The maximum Gasteiger partial charge on any atom is 0.410 e. The fraction of sp³-hybridized carbons (Fsp3) is 0.882. The molecule has 0 unspecified atom stereocenters. The Hall–Kier alpha value is -1.28. The van der Waals surface area contributed by atoms with Gasteiger partial charge in [-0.05, 0) is 40.5 Å². The van der Waals surface area contributed by atoms with Crippen LogP contribution < -0.4 is 0 Å². The van der Waals surface area contributed by atoms with Crippen molar-refractivity contribution in [1.29, 1.82) is 0 Å². The summed E-state index contributed by atoms with van der Waals surface area (Å²) in [5.74, 6) is 0. The van der Waals surface area contributed by atoms with Crippen molar-refractivity contribution in [3.05, 3.63) is 11.4 Å². The van der Waals surface area contributed by atoms with Gasteiger partial charge in [0.15, 0.2) is 0 Å². The summed E-state index contributed by atoms with van der Waals surface area (Å²) < 4.78 is 5.49. The van der Waals surface area contributed by atoms with Crippen LogP contribution in [0.2, 0.25) is 0 Å². The highest BCUT2D eigenvalue weighted by molar-refractivity contribution is 5.68. The minimum Gasteiger partial charge on any atom is -0.444 e. The second-order valence-corrected chi connectivity index (χ2v) is 7.61. The zero-order valence-electron chi connectivity index (χ0n) is 14.3. The molecule has 0 radical (unpaired) electrons. The van der Waals surface area contributed by atoms with Gasteiger partial charge in [0.05, 0.1) is 0 Å². The van der Waals surface area contributed by atoms with E-state index in [-0.39, 0.29) is 18.2 Å². The summed E-state index contributed by atoms with van der Waals surface area (Å²) in [6.07, 6.45) is 4.08. The number of nitrogens with zero attached hydrogens (tertiary/aromatic N) is 3. The topological polar surface area (TPSA) is 37.1 Å². The van der Waals surface area contributed by atoms with Crippen molar-refractivity contribution in [1.82, 2.24) is 9.80 Å². The Morgan fingerprint density at radius 1 is 1.18 bits per heavy atom. The molecule has 0 aromatic heterocycles. The van der Waals surface area contributed by atoms with Crippen LogP contribution in [0.1, 0.15) is 53.4 Å². The maximum absolute atomic E-state index is 12.2. The fourth-order valence-electron chi connectivity index (χ4n) is 3.46. The molecule has 2 rings (SSSR count). The molecule has 0 bridgehead atoms. The van der Waals surface area contributed by atoms with Crippen LogP contribution >= 0.6 is 0 Å². The van der Waals surface area contributed by atoms with E-state index < -0.39 is 5.60 Å². The van der Waals surface area contributed by atoms with Crippen LogP contribution in [0.5, 0.6) is 0 Å². The summed E-state index contributed by atoms with van der Waals surface area (Å²) in [5.41, 5.74) is -0.438. The predicted octanol–water partition coefficient (Wildman–Crippen LogP) is 3.16. The van der Waals surface area contributed by atoms with Crippen molar-refractivity contribution in [2.75, 3.05) is 19.6 Å². The lowest BCUT2D eigenvalue weighted by Gasteiger charge is -2.44. The van der Waals surface area contributed by atoms with Gasteiger partial charge < -0.3 is 14.5 Å². The minimum atomic E-state index is -0.438. The second-order valence-electron chi connectivity index (χ2n) is 7.61. The largest absolute Gasteiger partial charge is 0.444 e. The van der Waals surface area contributed by atoms with Gasteiger partial charge >= 0.3 is 6.09 Å². The third-order valence-electron chi connectivity index (χ3n) is 4.65. The number of hydrogen-bond acceptors (Lipinski definition) is 3. The van der Waals surface area contributed by atoms with E-state index in [0.29, 0.717) is 6.04 Å². The first-order valence-corrected chi connectivity index (χ1v) is 8.40. The SMILES string of the molecule is [C-]#[N+]C1CCC(N2CCN(C(=O)OC(C)(C)C)[C@@H](C)C2)CC1. The summed E-state index contributed by atoms with van der Waals surface area (Å²) >= 11 is 0. The highest BCUT2D eigenvalue weighted by Gasteiger charge is 2.35. The molecule has 124 valence electrons. The molecule has 0 aromatic rings. The average Bonchev–Trinajstić information content (AvgIpc) is 2.45. The molecular formula is C17H29N3O2. The summed E-state index contributed by atoms with van der Waals surface area (Å²) in [6, 6.07) is 1.00. The Morgan fingerprint density at radius 2 is 1.82 bits per heavy atom. The lowest BCUT2D eigenvalue weighted by Crippen LogP contribution is -2.57. The third-order valence-corrected chi connectivity index (χ3v) is 4.65. The lowest BCUT2D eigenvalue weighted by atomic mass is 9.90. The van der Waals surface area contributed by atoms with E-state index in [1.54, 1.807) is 0 Å². The van der Waals surface area contributed by atoms with Crippen LogP contribution in [0.15, 0.2) is 0 Å². The Kier molecular flexibility index (Phi) is 5.33. The van der Waals surface area contributed by atoms with E-state index in [0.717, 1.165) is 45.3 Å².